The van der Waals surface area contributed by atoms with Crippen molar-refractivity contribution >= 4 is 17.7 Å². The molecule has 1 amide bonds. The number of amides is 1. The third-order valence-electron chi connectivity index (χ3n) is 8.32. The van der Waals surface area contributed by atoms with Crippen LogP contribution in [0.15, 0.2) is 72.8 Å². The number of para-hydroxylation sites is 1. The second-order valence-electron chi connectivity index (χ2n) is 11.4. The minimum absolute atomic E-state index is 0.243. The lowest BCUT2D eigenvalue weighted by Crippen LogP contribution is -2.60. The number of carbonyl (C=O) groups excluding carboxylic acids is 1. The van der Waals surface area contributed by atoms with Gasteiger partial charge in [-0.15, -0.1) is 0 Å². The summed E-state index contributed by atoms with van der Waals surface area (Å²) < 4.78 is 11.4. The fraction of sp³-hybridized carbons (Fsp3) is 0.441. The average molecular weight is 587 g/mol. The van der Waals surface area contributed by atoms with Gasteiger partial charge in [-0.2, -0.15) is 0 Å². The van der Waals surface area contributed by atoms with E-state index >= 15 is 0 Å². The van der Waals surface area contributed by atoms with Crippen molar-refractivity contribution in [3.05, 3.63) is 89.6 Å². The van der Waals surface area contributed by atoms with Gasteiger partial charge < -0.3 is 25.2 Å². The van der Waals surface area contributed by atoms with Gasteiger partial charge in [0.05, 0.1) is 13.2 Å². The summed E-state index contributed by atoms with van der Waals surface area (Å²) in [4.78, 5) is 32.6. The Kier molecular flexibility index (Phi) is 10.6. The van der Waals surface area contributed by atoms with Crippen LogP contribution in [-0.4, -0.2) is 78.9 Å². The quantitative estimate of drug-likeness (QED) is 0.215. The second-order valence-corrected chi connectivity index (χ2v) is 11.4. The zero-order valence-corrected chi connectivity index (χ0v) is 24.7. The molecule has 5 rings (SSSR count). The topological polar surface area (TPSA) is 113 Å². The molecule has 3 N–H and O–H groups in total. The molecule has 3 heterocycles. The molecular weight excluding hydrogens is 544 g/mol. The van der Waals surface area contributed by atoms with Crippen LogP contribution in [0.1, 0.15) is 42.5 Å². The first-order valence-electron chi connectivity index (χ1n) is 15.3. The zero-order chi connectivity index (χ0) is 29.9. The molecule has 0 spiro atoms. The molecule has 2 aromatic carbocycles. The van der Waals surface area contributed by atoms with E-state index in [1.54, 1.807) is 0 Å². The first-order chi connectivity index (χ1) is 21.0. The molecule has 43 heavy (non-hydrogen) atoms. The van der Waals surface area contributed by atoms with Crippen LogP contribution in [0.2, 0.25) is 0 Å². The van der Waals surface area contributed by atoms with Crippen molar-refractivity contribution in [2.45, 2.75) is 50.0 Å². The Morgan fingerprint density at radius 2 is 1.77 bits per heavy atom. The highest BCUT2D eigenvalue weighted by Crippen LogP contribution is 2.33. The van der Waals surface area contributed by atoms with Crippen LogP contribution in [0.4, 0.5) is 5.82 Å². The number of carboxylic acid groups (broad SMARTS) is 1. The van der Waals surface area contributed by atoms with Crippen LogP contribution >= 0.6 is 0 Å². The molecule has 1 unspecified atom stereocenters. The van der Waals surface area contributed by atoms with Gasteiger partial charge in [0, 0.05) is 25.3 Å². The summed E-state index contributed by atoms with van der Waals surface area (Å²) in [5.41, 5.74) is 2.37. The number of benzene rings is 2. The highest BCUT2D eigenvalue weighted by atomic mass is 16.5. The number of aromatic nitrogens is 1. The predicted molar refractivity (Wildman–Crippen MR) is 165 cm³/mol. The smallest absolute Gasteiger partial charge is 0.326 e. The predicted octanol–water partition coefficient (Wildman–Crippen LogP) is 4.07. The first kappa shape index (κ1) is 30.5. The molecular formula is C34H42N4O5. The minimum Gasteiger partial charge on any atom is -0.492 e. The Hall–Kier alpha value is -3.95. The lowest BCUT2D eigenvalue weighted by Gasteiger charge is -2.41. The summed E-state index contributed by atoms with van der Waals surface area (Å²) >= 11 is 0. The monoisotopic (exact) mass is 586 g/mol. The lowest BCUT2D eigenvalue weighted by molar-refractivity contribution is -0.151. The van der Waals surface area contributed by atoms with Gasteiger partial charge in [-0.25, -0.2) is 9.78 Å². The Balaban J connectivity index is 1.16. The van der Waals surface area contributed by atoms with Gasteiger partial charge in [0.2, 0.25) is 5.91 Å². The number of carboxylic acids is 1. The number of nitrogens with one attached hydrogen (secondary N) is 2. The minimum atomic E-state index is -1.04. The Morgan fingerprint density at radius 1 is 1.00 bits per heavy atom. The van der Waals surface area contributed by atoms with Gasteiger partial charge in [-0.05, 0) is 74.4 Å². The third-order valence-corrected chi connectivity index (χ3v) is 8.32. The van der Waals surface area contributed by atoms with Crippen molar-refractivity contribution in [3.63, 3.8) is 0 Å². The Morgan fingerprint density at radius 3 is 2.49 bits per heavy atom. The molecule has 1 atom stereocenters. The standard InChI is InChI=1S/C34H42N4O5/c39-32(40)30(37-33(41)34(24-42-25-34)27-11-3-1-4-12-27)18-21-38(22-23-43-29-14-5-2-6-15-29)20-8-7-13-28-17-16-26-10-9-19-35-31(26)36-28/h1-6,11-12,14-17,30H,7-10,13,18-25H2,(H,35,36)(H,37,41)(H,39,40). The van der Waals surface area contributed by atoms with E-state index in [9.17, 15) is 14.7 Å². The fourth-order valence-corrected chi connectivity index (χ4v) is 5.65. The van der Waals surface area contributed by atoms with E-state index in [0.717, 1.165) is 68.0 Å². The number of anilines is 1. The number of unbranched alkanes of at least 4 members (excludes halogenated alkanes) is 1. The number of carbonyl (C=O) groups is 2. The molecule has 1 saturated heterocycles. The van der Waals surface area contributed by atoms with E-state index < -0.39 is 17.4 Å². The van der Waals surface area contributed by atoms with E-state index in [1.165, 1.54) is 5.56 Å². The maximum Gasteiger partial charge on any atom is 0.326 e. The van der Waals surface area contributed by atoms with Crippen molar-refractivity contribution in [1.82, 2.24) is 15.2 Å². The van der Waals surface area contributed by atoms with Gasteiger partial charge in [0.15, 0.2) is 0 Å². The number of ether oxygens (including phenoxy) is 2. The summed E-state index contributed by atoms with van der Waals surface area (Å²) in [7, 11) is 0. The van der Waals surface area contributed by atoms with Crippen molar-refractivity contribution in [2.75, 3.05) is 51.3 Å². The van der Waals surface area contributed by atoms with Crippen LogP contribution in [-0.2, 0) is 32.6 Å². The zero-order valence-electron chi connectivity index (χ0n) is 24.7. The maximum absolute atomic E-state index is 13.4. The van der Waals surface area contributed by atoms with Crippen molar-refractivity contribution < 1.29 is 24.2 Å². The number of aliphatic carboxylic acids is 1. The molecule has 228 valence electrons. The van der Waals surface area contributed by atoms with Crippen LogP contribution < -0.4 is 15.4 Å². The SMILES string of the molecule is O=C(O)C(CCN(CCCCc1ccc2c(n1)NCCC2)CCOc1ccccc1)NC(=O)C1(c2ccccc2)COC1. The third kappa shape index (κ3) is 8.12. The average Bonchev–Trinajstić information content (AvgIpc) is 3.01. The summed E-state index contributed by atoms with van der Waals surface area (Å²) in [6.45, 7) is 3.91. The molecule has 0 radical (unpaired) electrons. The van der Waals surface area contributed by atoms with E-state index in [4.69, 9.17) is 14.5 Å². The van der Waals surface area contributed by atoms with Gasteiger partial charge >= 0.3 is 5.97 Å². The largest absolute Gasteiger partial charge is 0.492 e. The summed E-state index contributed by atoms with van der Waals surface area (Å²) in [5, 5.41) is 16.2. The molecule has 9 heteroatoms. The van der Waals surface area contributed by atoms with Crippen LogP contribution in [0.3, 0.4) is 0 Å². The van der Waals surface area contributed by atoms with Crippen LogP contribution in [0, 0.1) is 0 Å². The number of hydrogen-bond acceptors (Lipinski definition) is 7. The molecule has 1 aromatic heterocycles. The molecule has 2 aliphatic rings. The molecule has 1 fully saturated rings. The van der Waals surface area contributed by atoms with Gasteiger partial charge in [0.1, 0.15) is 29.6 Å². The van der Waals surface area contributed by atoms with E-state index in [2.05, 4.69) is 27.7 Å². The second kappa shape index (κ2) is 15.0. The normalized spacial score (nSPS) is 15.9. The van der Waals surface area contributed by atoms with Gasteiger partial charge in [-0.3, -0.25) is 9.69 Å². The molecule has 0 bridgehead atoms. The number of hydrogen-bond donors (Lipinski definition) is 3. The number of rotatable bonds is 16. The summed E-state index contributed by atoms with van der Waals surface area (Å²) in [6, 6.07) is 22.4. The van der Waals surface area contributed by atoms with Gasteiger partial charge in [0.25, 0.3) is 0 Å². The number of aryl methyl sites for hydroxylation is 2. The molecule has 2 aliphatic heterocycles. The van der Waals surface area contributed by atoms with Gasteiger partial charge in [-0.1, -0.05) is 54.6 Å². The summed E-state index contributed by atoms with van der Waals surface area (Å²) in [6.07, 6.45) is 5.31. The Bertz CT molecular complexity index is 1330. The van der Waals surface area contributed by atoms with Crippen LogP contribution in [0.25, 0.3) is 0 Å². The summed E-state index contributed by atoms with van der Waals surface area (Å²) in [5.74, 6) is 0.486. The van der Waals surface area contributed by atoms with Crippen molar-refractivity contribution in [2.24, 2.45) is 0 Å². The molecule has 0 aliphatic carbocycles. The van der Waals surface area contributed by atoms with E-state index in [0.29, 0.717) is 19.7 Å². The van der Waals surface area contributed by atoms with E-state index in [1.807, 2.05) is 60.7 Å². The lowest BCUT2D eigenvalue weighted by atomic mass is 9.77. The number of pyridine rings is 1. The van der Waals surface area contributed by atoms with Crippen molar-refractivity contribution in [3.8, 4) is 5.75 Å². The van der Waals surface area contributed by atoms with E-state index in [-0.39, 0.29) is 25.5 Å². The number of nitrogens with zero attached hydrogens (tertiary/aromatic N) is 2. The molecule has 0 saturated carbocycles. The fourth-order valence-electron chi connectivity index (χ4n) is 5.65. The highest BCUT2D eigenvalue weighted by Gasteiger charge is 2.48. The van der Waals surface area contributed by atoms with Crippen LogP contribution in [0.5, 0.6) is 5.75 Å². The highest BCUT2D eigenvalue weighted by molar-refractivity contribution is 5.92. The first-order valence-corrected chi connectivity index (χ1v) is 15.3. The maximum atomic E-state index is 13.4. The molecule has 3 aromatic rings. The number of fused-ring (bicyclic) bond motifs is 1. The molecule has 9 nitrogen and oxygen atoms in total. The van der Waals surface area contributed by atoms with Crippen molar-refractivity contribution in [1.29, 1.82) is 0 Å². The Labute approximate surface area is 253 Å².